The lowest BCUT2D eigenvalue weighted by Crippen LogP contribution is -2.33. The summed E-state index contributed by atoms with van der Waals surface area (Å²) < 4.78 is 0. The van der Waals surface area contributed by atoms with E-state index in [2.05, 4.69) is 41.9 Å². The van der Waals surface area contributed by atoms with Crippen LogP contribution in [0.4, 0.5) is 11.4 Å². The van der Waals surface area contributed by atoms with E-state index in [1.54, 1.807) is 0 Å². The molecule has 1 heterocycles. The average molecular weight is 174 g/mol. The maximum Gasteiger partial charge on any atom is 0.0860 e. The van der Waals surface area contributed by atoms with Gasteiger partial charge in [-0.05, 0) is 26.0 Å². The average Bonchev–Trinajstić information content (AvgIpc) is 2.17. The van der Waals surface area contributed by atoms with E-state index in [-0.39, 0.29) is 0 Å². The molecule has 0 N–H and O–H groups in total. The molecular formula is C11H14N2. The van der Waals surface area contributed by atoms with Gasteiger partial charge in [-0.1, -0.05) is 12.1 Å². The number of hydrogen-bond acceptors (Lipinski definition) is 2. The molecule has 0 aromatic heterocycles. The number of hydrogen-bond donors (Lipinski definition) is 0. The fourth-order valence-electron chi connectivity index (χ4n) is 1.63. The minimum absolute atomic E-state index is 0.535. The van der Waals surface area contributed by atoms with Crippen molar-refractivity contribution in [2.45, 2.75) is 19.9 Å². The predicted molar refractivity (Wildman–Crippen MR) is 57.1 cm³/mol. The molecule has 0 radical (unpaired) electrons. The van der Waals surface area contributed by atoms with Gasteiger partial charge >= 0.3 is 0 Å². The van der Waals surface area contributed by atoms with Gasteiger partial charge in [0.05, 0.1) is 17.9 Å². The van der Waals surface area contributed by atoms with Crippen molar-refractivity contribution in [1.29, 1.82) is 0 Å². The van der Waals surface area contributed by atoms with E-state index in [4.69, 9.17) is 0 Å². The fourth-order valence-corrected chi connectivity index (χ4v) is 1.63. The van der Waals surface area contributed by atoms with E-state index >= 15 is 0 Å². The Morgan fingerprint density at radius 1 is 1.31 bits per heavy atom. The first-order valence-electron chi connectivity index (χ1n) is 4.67. The van der Waals surface area contributed by atoms with E-state index in [1.165, 1.54) is 5.69 Å². The lowest BCUT2D eigenvalue weighted by atomic mass is 10.2. The quantitative estimate of drug-likeness (QED) is 0.639. The van der Waals surface area contributed by atoms with Crippen molar-refractivity contribution in [3.8, 4) is 0 Å². The van der Waals surface area contributed by atoms with Crippen LogP contribution in [0.1, 0.15) is 13.8 Å². The Morgan fingerprint density at radius 3 is 2.85 bits per heavy atom. The summed E-state index contributed by atoms with van der Waals surface area (Å²) >= 11 is 0. The third kappa shape index (κ3) is 1.44. The highest BCUT2D eigenvalue weighted by molar-refractivity contribution is 5.81. The van der Waals surface area contributed by atoms with E-state index in [0.717, 1.165) is 12.2 Å². The summed E-state index contributed by atoms with van der Waals surface area (Å²) in [6, 6.07) is 8.81. The van der Waals surface area contributed by atoms with Crippen LogP contribution in [0.2, 0.25) is 0 Å². The van der Waals surface area contributed by atoms with Gasteiger partial charge < -0.3 is 4.90 Å². The number of fused-ring (bicyclic) bond motifs is 1. The largest absolute Gasteiger partial charge is 0.362 e. The van der Waals surface area contributed by atoms with Crippen molar-refractivity contribution < 1.29 is 0 Å². The van der Waals surface area contributed by atoms with Gasteiger partial charge in [-0.15, -0.1) is 0 Å². The zero-order chi connectivity index (χ0) is 9.26. The highest BCUT2D eigenvalue weighted by atomic mass is 15.2. The predicted octanol–water partition coefficient (Wildman–Crippen LogP) is 2.62. The standard InChI is InChI=1S/C11H14N2/c1-9(2)13-8-7-12-10-5-3-4-6-11(10)13/h3-7,9H,8H2,1-2H3. The normalized spacial score (nSPS) is 14.8. The Balaban J connectivity index is 2.43. The zero-order valence-electron chi connectivity index (χ0n) is 8.07. The second kappa shape index (κ2) is 3.21. The minimum Gasteiger partial charge on any atom is -0.362 e. The number of nitrogens with zero attached hydrogens (tertiary/aromatic N) is 2. The number of aliphatic imine (C=N–C) groups is 1. The smallest absolute Gasteiger partial charge is 0.0860 e. The summed E-state index contributed by atoms with van der Waals surface area (Å²) in [5, 5.41) is 0. The molecule has 0 spiro atoms. The minimum atomic E-state index is 0.535. The molecule has 0 saturated heterocycles. The molecule has 0 amide bonds. The molecule has 0 atom stereocenters. The molecule has 1 aromatic carbocycles. The van der Waals surface area contributed by atoms with Gasteiger partial charge in [-0.25, -0.2) is 0 Å². The Labute approximate surface area is 78.9 Å². The van der Waals surface area contributed by atoms with Gasteiger partial charge in [-0.3, -0.25) is 4.99 Å². The Bertz CT molecular complexity index is 329. The summed E-state index contributed by atoms with van der Waals surface area (Å²) in [6.45, 7) is 5.33. The molecule has 2 nitrogen and oxygen atoms in total. The summed E-state index contributed by atoms with van der Waals surface area (Å²) in [5.41, 5.74) is 2.34. The zero-order valence-corrected chi connectivity index (χ0v) is 8.07. The third-order valence-electron chi connectivity index (χ3n) is 2.32. The van der Waals surface area contributed by atoms with Gasteiger partial charge in [0.1, 0.15) is 0 Å². The molecule has 1 aromatic rings. The molecule has 0 saturated carbocycles. The first-order chi connectivity index (χ1) is 6.29. The molecule has 1 aliphatic heterocycles. The summed E-state index contributed by atoms with van der Waals surface area (Å²) in [4.78, 5) is 6.71. The molecule has 2 heteroatoms. The maximum absolute atomic E-state index is 4.36. The van der Waals surface area contributed by atoms with Crippen LogP contribution in [-0.2, 0) is 0 Å². The molecule has 0 aliphatic carbocycles. The second-order valence-corrected chi connectivity index (χ2v) is 3.55. The van der Waals surface area contributed by atoms with Crippen LogP contribution >= 0.6 is 0 Å². The fraction of sp³-hybridized carbons (Fsp3) is 0.364. The molecule has 0 bridgehead atoms. The van der Waals surface area contributed by atoms with Crippen molar-refractivity contribution in [2.24, 2.45) is 4.99 Å². The van der Waals surface area contributed by atoms with Crippen molar-refractivity contribution in [1.82, 2.24) is 0 Å². The van der Waals surface area contributed by atoms with Gasteiger partial charge in [0.15, 0.2) is 0 Å². The molecular weight excluding hydrogens is 160 g/mol. The Morgan fingerprint density at radius 2 is 2.08 bits per heavy atom. The van der Waals surface area contributed by atoms with Crippen LogP contribution in [0.25, 0.3) is 0 Å². The van der Waals surface area contributed by atoms with E-state index in [9.17, 15) is 0 Å². The lowest BCUT2D eigenvalue weighted by molar-refractivity contribution is 0.732. The number of rotatable bonds is 1. The summed E-state index contributed by atoms with van der Waals surface area (Å²) in [5.74, 6) is 0. The number of benzene rings is 1. The number of anilines is 1. The molecule has 0 unspecified atom stereocenters. The van der Waals surface area contributed by atoms with E-state index in [1.807, 2.05) is 12.3 Å². The van der Waals surface area contributed by atoms with Crippen molar-refractivity contribution in [2.75, 3.05) is 11.4 Å². The first kappa shape index (κ1) is 8.30. The molecule has 13 heavy (non-hydrogen) atoms. The Hall–Kier alpha value is -1.31. The lowest BCUT2D eigenvalue weighted by Gasteiger charge is -2.30. The van der Waals surface area contributed by atoms with Crippen molar-refractivity contribution in [3.63, 3.8) is 0 Å². The third-order valence-corrected chi connectivity index (χ3v) is 2.32. The number of para-hydroxylation sites is 2. The van der Waals surface area contributed by atoms with Crippen LogP contribution in [0.5, 0.6) is 0 Å². The van der Waals surface area contributed by atoms with Crippen molar-refractivity contribution in [3.05, 3.63) is 24.3 Å². The molecule has 68 valence electrons. The first-order valence-corrected chi connectivity index (χ1v) is 4.67. The topological polar surface area (TPSA) is 15.6 Å². The van der Waals surface area contributed by atoms with Crippen LogP contribution in [0, 0.1) is 0 Å². The highest BCUT2D eigenvalue weighted by Gasteiger charge is 2.15. The monoisotopic (exact) mass is 174 g/mol. The highest BCUT2D eigenvalue weighted by Crippen LogP contribution is 2.31. The van der Waals surface area contributed by atoms with Gasteiger partial charge in [0.2, 0.25) is 0 Å². The van der Waals surface area contributed by atoms with Gasteiger partial charge in [-0.2, -0.15) is 0 Å². The van der Waals surface area contributed by atoms with Gasteiger partial charge in [0, 0.05) is 12.3 Å². The maximum atomic E-state index is 4.36. The van der Waals surface area contributed by atoms with Crippen LogP contribution in [0.15, 0.2) is 29.3 Å². The second-order valence-electron chi connectivity index (χ2n) is 3.55. The van der Waals surface area contributed by atoms with Crippen LogP contribution in [-0.4, -0.2) is 18.8 Å². The summed E-state index contributed by atoms with van der Waals surface area (Å²) in [7, 11) is 0. The van der Waals surface area contributed by atoms with Crippen LogP contribution < -0.4 is 4.90 Å². The molecule has 2 rings (SSSR count). The summed E-state index contributed by atoms with van der Waals surface area (Å²) in [6.07, 6.45) is 1.97. The SMILES string of the molecule is CC(C)N1CC=Nc2ccccc21. The molecule has 1 aliphatic rings. The molecule has 0 fully saturated rings. The van der Waals surface area contributed by atoms with Gasteiger partial charge in [0.25, 0.3) is 0 Å². The van der Waals surface area contributed by atoms with Crippen molar-refractivity contribution >= 4 is 17.6 Å². The van der Waals surface area contributed by atoms with E-state index in [0.29, 0.717) is 6.04 Å². The van der Waals surface area contributed by atoms with E-state index < -0.39 is 0 Å². The van der Waals surface area contributed by atoms with Crippen LogP contribution in [0.3, 0.4) is 0 Å². The Kier molecular flexibility index (Phi) is 2.05.